The average molecular weight is 713 g/mol. The number of aromatic hydroxyl groups is 1. The zero-order valence-electron chi connectivity index (χ0n) is 30.4. The third kappa shape index (κ3) is 8.53. The summed E-state index contributed by atoms with van der Waals surface area (Å²) in [6.07, 6.45) is 3.50. The van der Waals surface area contributed by atoms with Crippen LogP contribution in [0.25, 0.3) is 11.1 Å². The summed E-state index contributed by atoms with van der Waals surface area (Å²) in [6, 6.07) is 31.8. The van der Waals surface area contributed by atoms with Crippen molar-refractivity contribution < 1.29 is 24.2 Å². The van der Waals surface area contributed by atoms with E-state index < -0.39 is 6.04 Å². The average Bonchev–Trinajstić information content (AvgIpc) is 3.32. The van der Waals surface area contributed by atoms with Crippen molar-refractivity contribution in [2.75, 3.05) is 45.9 Å². The van der Waals surface area contributed by atoms with Crippen molar-refractivity contribution in [1.29, 1.82) is 0 Å². The highest BCUT2D eigenvalue weighted by molar-refractivity contribution is 6.05. The maximum atomic E-state index is 13.1. The van der Waals surface area contributed by atoms with Crippen LogP contribution in [0.5, 0.6) is 11.5 Å². The summed E-state index contributed by atoms with van der Waals surface area (Å²) in [6.45, 7) is 9.09. The number of nitrogens with one attached hydrogen (secondary N) is 1. The molecule has 2 N–H and O–H groups in total. The SMILES string of the molecule is CCC(=C(c1ccc(O)cc1)c1ccc(OCCN2CCCN(CCc3ccc4c(c3)CN(C3CCC(=O)NC3=O)C4=O)CC2)cc1)c1ccccc1. The highest BCUT2D eigenvalue weighted by Gasteiger charge is 2.39. The number of allylic oxidation sites excluding steroid dienone is 1. The van der Waals surface area contributed by atoms with Gasteiger partial charge in [0.05, 0.1) is 0 Å². The number of amides is 3. The lowest BCUT2D eigenvalue weighted by Gasteiger charge is -2.29. The van der Waals surface area contributed by atoms with E-state index in [0.717, 1.165) is 86.5 Å². The van der Waals surface area contributed by atoms with Gasteiger partial charge in [-0.2, -0.15) is 0 Å². The molecule has 0 saturated carbocycles. The second kappa shape index (κ2) is 16.6. The predicted molar refractivity (Wildman–Crippen MR) is 206 cm³/mol. The fourth-order valence-electron chi connectivity index (χ4n) is 7.86. The minimum absolute atomic E-state index is 0.129. The first-order chi connectivity index (χ1) is 25.9. The van der Waals surface area contributed by atoms with E-state index in [2.05, 4.69) is 76.6 Å². The number of phenolic OH excluding ortho intramolecular Hbond substituents is 1. The number of nitrogens with zero attached hydrogens (tertiary/aromatic N) is 3. The van der Waals surface area contributed by atoms with Gasteiger partial charge < -0.3 is 19.6 Å². The molecule has 0 radical (unpaired) electrons. The maximum Gasteiger partial charge on any atom is 0.255 e. The maximum absolute atomic E-state index is 13.1. The quantitative estimate of drug-likeness (QED) is 0.134. The van der Waals surface area contributed by atoms with Crippen LogP contribution in [0.1, 0.15) is 70.8 Å². The number of phenols is 1. The minimum Gasteiger partial charge on any atom is -0.508 e. The molecule has 4 aromatic carbocycles. The third-order valence-electron chi connectivity index (χ3n) is 10.7. The fourth-order valence-corrected chi connectivity index (χ4v) is 7.86. The minimum atomic E-state index is -0.589. The van der Waals surface area contributed by atoms with Gasteiger partial charge in [-0.05, 0) is 108 Å². The second-order valence-corrected chi connectivity index (χ2v) is 14.2. The van der Waals surface area contributed by atoms with Crippen LogP contribution in [0.2, 0.25) is 0 Å². The molecule has 1 unspecified atom stereocenters. The molecule has 274 valence electrons. The van der Waals surface area contributed by atoms with Gasteiger partial charge in [-0.25, -0.2) is 0 Å². The standard InChI is InChI=1S/C44H48N4O5/c1-2-38(32-7-4-3-5-8-32)42(33-10-14-36(49)15-11-33)34-12-16-37(17-13-34)53-28-27-47-23-6-22-46(25-26-47)24-21-31-9-18-39-35(29-31)30-48(44(39)52)40-19-20-41(50)45-43(40)51/h3-5,7-18,29,40,49H,2,6,19-28,30H2,1H3,(H,45,50,51). The van der Waals surface area contributed by atoms with Gasteiger partial charge in [-0.1, -0.05) is 73.7 Å². The molecule has 9 heteroatoms. The Morgan fingerprint density at radius 2 is 1.51 bits per heavy atom. The molecule has 2 fully saturated rings. The second-order valence-electron chi connectivity index (χ2n) is 14.2. The van der Waals surface area contributed by atoms with Crippen LogP contribution in [0.4, 0.5) is 0 Å². The van der Waals surface area contributed by atoms with Gasteiger partial charge in [-0.3, -0.25) is 24.6 Å². The van der Waals surface area contributed by atoms with Crippen molar-refractivity contribution in [3.05, 3.63) is 130 Å². The normalized spacial score (nSPS) is 18.7. The van der Waals surface area contributed by atoms with E-state index in [9.17, 15) is 19.5 Å². The molecule has 0 spiro atoms. The van der Waals surface area contributed by atoms with Crippen LogP contribution in [0.3, 0.4) is 0 Å². The Bertz CT molecular complexity index is 1960. The van der Waals surface area contributed by atoms with E-state index in [-0.39, 0.29) is 29.9 Å². The topological polar surface area (TPSA) is 102 Å². The van der Waals surface area contributed by atoms with E-state index in [1.54, 1.807) is 17.0 Å². The molecule has 0 aromatic heterocycles. The number of fused-ring (bicyclic) bond motifs is 1. The molecule has 2 saturated heterocycles. The Morgan fingerprint density at radius 3 is 2.21 bits per heavy atom. The van der Waals surface area contributed by atoms with Gasteiger partial charge >= 0.3 is 0 Å². The van der Waals surface area contributed by atoms with Crippen molar-refractivity contribution >= 4 is 28.9 Å². The lowest BCUT2D eigenvalue weighted by molar-refractivity contribution is -0.136. The van der Waals surface area contributed by atoms with Gasteiger partial charge in [-0.15, -0.1) is 0 Å². The van der Waals surface area contributed by atoms with Crippen molar-refractivity contribution in [3.8, 4) is 11.5 Å². The first-order valence-corrected chi connectivity index (χ1v) is 18.9. The van der Waals surface area contributed by atoms with Gasteiger partial charge in [0, 0.05) is 44.7 Å². The van der Waals surface area contributed by atoms with Crippen molar-refractivity contribution in [3.63, 3.8) is 0 Å². The summed E-state index contributed by atoms with van der Waals surface area (Å²) in [7, 11) is 0. The molecule has 9 nitrogen and oxygen atoms in total. The molecule has 3 amide bonds. The van der Waals surface area contributed by atoms with Crippen LogP contribution >= 0.6 is 0 Å². The molecule has 7 rings (SSSR count). The van der Waals surface area contributed by atoms with E-state index in [4.69, 9.17) is 4.74 Å². The van der Waals surface area contributed by atoms with Gasteiger partial charge in [0.25, 0.3) is 5.91 Å². The Hall–Kier alpha value is -5.25. The largest absolute Gasteiger partial charge is 0.508 e. The third-order valence-corrected chi connectivity index (χ3v) is 10.7. The van der Waals surface area contributed by atoms with Gasteiger partial charge in [0.15, 0.2) is 0 Å². The van der Waals surface area contributed by atoms with Crippen molar-refractivity contribution in [1.82, 2.24) is 20.0 Å². The number of piperidine rings is 1. The molecule has 0 aliphatic carbocycles. The van der Waals surface area contributed by atoms with Crippen LogP contribution in [0.15, 0.2) is 97.1 Å². The van der Waals surface area contributed by atoms with Crippen molar-refractivity contribution in [2.24, 2.45) is 0 Å². The van der Waals surface area contributed by atoms with Crippen LogP contribution in [-0.4, -0.2) is 89.4 Å². The van der Waals surface area contributed by atoms with Gasteiger partial charge in [0.1, 0.15) is 24.1 Å². The molecule has 53 heavy (non-hydrogen) atoms. The highest BCUT2D eigenvalue weighted by Crippen LogP contribution is 2.36. The number of imide groups is 1. The number of hydrogen-bond donors (Lipinski definition) is 2. The van der Waals surface area contributed by atoms with Gasteiger partial charge in [0.2, 0.25) is 11.8 Å². The Balaban J connectivity index is 0.898. The van der Waals surface area contributed by atoms with Crippen molar-refractivity contribution in [2.45, 2.75) is 51.6 Å². The fraction of sp³-hybridized carbons (Fsp3) is 0.341. The molecule has 0 bridgehead atoms. The first kappa shape index (κ1) is 36.1. The molecule has 3 aliphatic rings. The summed E-state index contributed by atoms with van der Waals surface area (Å²) in [5.41, 5.74) is 8.58. The predicted octanol–water partition coefficient (Wildman–Crippen LogP) is 6.15. The summed E-state index contributed by atoms with van der Waals surface area (Å²) in [5, 5.41) is 12.3. The summed E-state index contributed by atoms with van der Waals surface area (Å²) < 4.78 is 6.24. The van der Waals surface area contributed by atoms with E-state index in [1.807, 2.05) is 30.3 Å². The summed E-state index contributed by atoms with van der Waals surface area (Å²) >= 11 is 0. The molecule has 3 heterocycles. The summed E-state index contributed by atoms with van der Waals surface area (Å²) in [5.74, 6) is 0.326. The number of hydrogen-bond acceptors (Lipinski definition) is 7. The molecule has 1 atom stereocenters. The Kier molecular flexibility index (Phi) is 11.3. The Morgan fingerprint density at radius 1 is 0.811 bits per heavy atom. The number of carbonyl (C=O) groups is 3. The van der Waals surface area contributed by atoms with Crippen LogP contribution < -0.4 is 10.1 Å². The highest BCUT2D eigenvalue weighted by atomic mass is 16.5. The zero-order chi connectivity index (χ0) is 36.7. The number of rotatable bonds is 12. The number of ether oxygens (including phenoxy) is 1. The monoisotopic (exact) mass is 712 g/mol. The Labute approximate surface area is 311 Å². The number of benzene rings is 4. The lowest BCUT2D eigenvalue weighted by Crippen LogP contribution is -2.52. The molecule has 3 aliphatic heterocycles. The van der Waals surface area contributed by atoms with E-state index in [1.165, 1.54) is 16.7 Å². The van der Waals surface area contributed by atoms with E-state index in [0.29, 0.717) is 25.1 Å². The smallest absolute Gasteiger partial charge is 0.255 e. The van der Waals surface area contributed by atoms with E-state index >= 15 is 0 Å². The molecular weight excluding hydrogens is 665 g/mol. The lowest BCUT2D eigenvalue weighted by atomic mass is 9.88. The zero-order valence-corrected chi connectivity index (χ0v) is 30.4. The number of carbonyl (C=O) groups excluding carboxylic acids is 3. The van der Waals surface area contributed by atoms with Crippen LogP contribution in [0, 0.1) is 0 Å². The van der Waals surface area contributed by atoms with Crippen LogP contribution in [-0.2, 0) is 22.6 Å². The first-order valence-electron chi connectivity index (χ1n) is 18.9. The molecular formula is C44H48N4O5. The summed E-state index contributed by atoms with van der Waals surface area (Å²) in [4.78, 5) is 43.7. The molecule has 4 aromatic rings.